The van der Waals surface area contributed by atoms with Gasteiger partial charge in [0.05, 0.1) is 25.6 Å². The summed E-state index contributed by atoms with van der Waals surface area (Å²) in [4.78, 5) is 36.0. The quantitative estimate of drug-likeness (QED) is 0.130. The molecule has 0 saturated carbocycles. The number of nitrogens with one attached hydrogen (secondary N) is 1. The van der Waals surface area contributed by atoms with Crippen molar-refractivity contribution in [2.75, 3.05) is 26.1 Å². The smallest absolute Gasteiger partial charge is 0.369 e. The van der Waals surface area contributed by atoms with E-state index in [0.29, 0.717) is 18.2 Å². The van der Waals surface area contributed by atoms with Gasteiger partial charge in [0.15, 0.2) is 11.2 Å². The van der Waals surface area contributed by atoms with Crippen molar-refractivity contribution in [2.45, 2.75) is 50.0 Å². The first-order chi connectivity index (χ1) is 21.4. The number of thiol groups is 2. The number of rotatable bonds is 11. The van der Waals surface area contributed by atoms with Crippen LogP contribution < -0.4 is 16.9 Å². The highest BCUT2D eigenvalue weighted by atomic mass is 32.7. The summed E-state index contributed by atoms with van der Waals surface area (Å²) in [6.07, 6.45) is 0.487. The Morgan fingerprint density at radius 2 is 1.82 bits per heavy atom. The van der Waals surface area contributed by atoms with Crippen molar-refractivity contribution in [3.05, 3.63) is 63.6 Å². The first-order valence-electron chi connectivity index (χ1n) is 13.7. The molecule has 242 valence electrons. The maximum Gasteiger partial charge on any atom is 0.386 e. The third kappa shape index (κ3) is 7.10. The Morgan fingerprint density at radius 3 is 2.62 bits per heavy atom. The predicted octanol–water partition coefficient (Wildman–Crippen LogP) is 3.82. The van der Waals surface area contributed by atoms with Gasteiger partial charge in [-0.15, -0.1) is 0 Å². The highest BCUT2D eigenvalue weighted by Crippen LogP contribution is 2.57. The van der Waals surface area contributed by atoms with Crippen LogP contribution in [0.1, 0.15) is 31.7 Å². The van der Waals surface area contributed by atoms with E-state index in [4.69, 9.17) is 33.3 Å². The Morgan fingerprint density at radius 1 is 1.04 bits per heavy atom. The van der Waals surface area contributed by atoms with Crippen LogP contribution >= 0.6 is 38.1 Å². The van der Waals surface area contributed by atoms with Gasteiger partial charge in [-0.2, -0.15) is 4.98 Å². The van der Waals surface area contributed by atoms with Crippen molar-refractivity contribution in [3.8, 4) is 0 Å². The van der Waals surface area contributed by atoms with Gasteiger partial charge in [-0.05, 0) is 30.4 Å². The van der Waals surface area contributed by atoms with Gasteiger partial charge in [-0.25, -0.2) is 14.1 Å². The number of anilines is 1. The normalized spacial score (nSPS) is 26.3. The molecule has 0 amide bonds. The van der Waals surface area contributed by atoms with Crippen LogP contribution in [0, 0.1) is 0 Å². The van der Waals surface area contributed by atoms with Crippen LogP contribution in [0.15, 0.2) is 52.4 Å². The minimum Gasteiger partial charge on any atom is -0.369 e. The van der Waals surface area contributed by atoms with Crippen LogP contribution in [0.3, 0.4) is 0 Å². The van der Waals surface area contributed by atoms with Crippen molar-refractivity contribution >= 4 is 66.0 Å². The third-order valence-electron chi connectivity index (χ3n) is 7.50. The predicted molar refractivity (Wildman–Crippen MR) is 169 cm³/mol. The van der Waals surface area contributed by atoms with Crippen molar-refractivity contribution < 1.29 is 36.7 Å². The van der Waals surface area contributed by atoms with Crippen LogP contribution in [-0.2, 0) is 36.7 Å². The largest absolute Gasteiger partial charge is 0.386 e. The van der Waals surface area contributed by atoms with E-state index in [1.165, 1.54) is 18.0 Å². The fourth-order valence-corrected chi connectivity index (χ4v) is 7.51. The van der Waals surface area contributed by atoms with Crippen molar-refractivity contribution in [1.29, 1.82) is 0 Å². The van der Waals surface area contributed by atoms with Gasteiger partial charge in [0.1, 0.15) is 24.7 Å². The number of benzene rings is 1. The van der Waals surface area contributed by atoms with Crippen molar-refractivity contribution in [1.82, 2.24) is 24.1 Å². The number of H-pyrrole nitrogens is 1. The fraction of sp³-hybridized carbons (Fsp3) is 0.440. The Hall–Kier alpha value is -2.50. The number of hydrogen-bond donors (Lipinski definition) is 4. The molecule has 45 heavy (non-hydrogen) atoms. The van der Waals surface area contributed by atoms with Crippen LogP contribution in [-0.4, -0.2) is 62.7 Å². The number of aromatic amines is 1. The molecule has 20 heteroatoms. The van der Waals surface area contributed by atoms with E-state index in [0.717, 1.165) is 5.39 Å². The lowest BCUT2D eigenvalue weighted by molar-refractivity contribution is -0.0411. The molecule has 3 aromatic heterocycles. The fourth-order valence-electron chi connectivity index (χ4n) is 5.33. The lowest BCUT2D eigenvalue weighted by Gasteiger charge is -2.23. The molecule has 6 unspecified atom stereocenters. The molecule has 0 aliphatic carbocycles. The van der Waals surface area contributed by atoms with E-state index in [9.17, 15) is 18.7 Å². The molecule has 2 aliphatic heterocycles. The minimum absolute atomic E-state index is 0.0491. The van der Waals surface area contributed by atoms with Crippen LogP contribution in [0.25, 0.3) is 21.9 Å². The number of hydrogen-bond acceptors (Lipinski definition) is 13. The summed E-state index contributed by atoms with van der Waals surface area (Å²) in [5, 5.41) is 1.26. The van der Waals surface area contributed by atoms with Gasteiger partial charge in [0.25, 0.3) is 11.1 Å². The van der Waals surface area contributed by atoms with Gasteiger partial charge < -0.3 is 19.7 Å². The average Bonchev–Trinajstić information content (AvgIpc) is 3.74. The van der Waals surface area contributed by atoms with Gasteiger partial charge >= 0.3 is 13.6 Å². The Kier molecular flexibility index (Phi) is 9.34. The zero-order valence-electron chi connectivity index (χ0n) is 23.7. The number of imidazole rings is 1. The highest BCUT2D eigenvalue weighted by Gasteiger charge is 2.43. The monoisotopic (exact) mass is 700 g/mol. The van der Waals surface area contributed by atoms with E-state index in [-0.39, 0.29) is 42.3 Å². The molecule has 2 saturated heterocycles. The molecule has 2 aliphatic rings. The van der Waals surface area contributed by atoms with E-state index in [1.54, 1.807) is 29.0 Å². The summed E-state index contributed by atoms with van der Waals surface area (Å²) in [7, 11) is 1.18. The first-order valence-corrected chi connectivity index (χ1v) is 19.1. The molecule has 2 fully saturated rings. The number of nitrogens with two attached hydrogens (primary N) is 1. The van der Waals surface area contributed by atoms with E-state index in [2.05, 4.69) is 39.4 Å². The number of nitrogens with zero attached hydrogens (tertiary/aromatic N) is 4. The summed E-state index contributed by atoms with van der Waals surface area (Å²) >= 11 is 8.06. The lowest BCUT2D eigenvalue weighted by atomic mass is 10.1. The number of pyridine rings is 1. The number of nitrogen functional groups attached to an aromatic ring is 1. The highest BCUT2D eigenvalue weighted by molar-refractivity contribution is 8.44. The maximum absolute atomic E-state index is 13.4. The second kappa shape index (κ2) is 13.0. The molecule has 7 atom stereocenters. The Balaban J connectivity index is 1.13. The molecule has 4 aromatic rings. The number of fused-ring (bicyclic) bond motifs is 2. The summed E-state index contributed by atoms with van der Waals surface area (Å²) < 4.78 is 62.3. The zero-order valence-corrected chi connectivity index (χ0v) is 27.3. The van der Waals surface area contributed by atoms with Crippen LogP contribution in [0.4, 0.5) is 5.95 Å². The number of ether oxygens (including phenoxy) is 2. The second-order valence-corrected chi connectivity index (χ2v) is 16.3. The molecule has 5 heterocycles. The second-order valence-electron chi connectivity index (χ2n) is 10.4. The first kappa shape index (κ1) is 32.4. The molecule has 6 rings (SSSR count). The van der Waals surface area contributed by atoms with Crippen molar-refractivity contribution in [3.63, 3.8) is 0 Å². The molecule has 3 N–H and O–H groups in total. The maximum atomic E-state index is 13.4. The zero-order chi connectivity index (χ0) is 31.9. The van der Waals surface area contributed by atoms with Gasteiger partial charge in [-0.3, -0.25) is 37.3 Å². The molecule has 0 bridgehead atoms. The number of aromatic nitrogens is 5. The SMILES string of the molecule is COP(=O)(S)OCC1OC(n2ccc3ccccc3c2=O)C[C@@H]1OP(=O)(S)OCC1CCC(n2cnc3c(=O)[nH]c(N)nc32)O1. The van der Waals surface area contributed by atoms with E-state index in [1.807, 2.05) is 12.1 Å². The summed E-state index contributed by atoms with van der Waals surface area (Å²) in [6.45, 7) is -8.15. The van der Waals surface area contributed by atoms with E-state index < -0.39 is 49.9 Å². The summed E-state index contributed by atoms with van der Waals surface area (Å²) in [5.74, 6) is -0.0491. The molecule has 0 radical (unpaired) electrons. The molecular weight excluding hydrogens is 670 g/mol. The van der Waals surface area contributed by atoms with Gasteiger partial charge in [0.2, 0.25) is 5.95 Å². The summed E-state index contributed by atoms with van der Waals surface area (Å²) in [5.41, 5.74) is 5.34. The Bertz CT molecular complexity index is 1940. The van der Waals surface area contributed by atoms with Gasteiger partial charge in [-0.1, -0.05) is 42.7 Å². The topological polar surface area (TPSA) is 201 Å². The average molecular weight is 701 g/mol. The summed E-state index contributed by atoms with van der Waals surface area (Å²) in [6, 6.07) is 8.91. The van der Waals surface area contributed by atoms with Crippen LogP contribution in [0.2, 0.25) is 0 Å². The van der Waals surface area contributed by atoms with Crippen molar-refractivity contribution in [2.24, 2.45) is 0 Å². The van der Waals surface area contributed by atoms with Gasteiger partial charge in [0, 0.05) is 25.1 Å². The van der Waals surface area contributed by atoms with E-state index >= 15 is 0 Å². The standard InChI is InChI=1S/C25H30N6O10P2S2/c1-36-42(34,44)38-12-18-17(10-20(40-18)30-9-8-14-4-2-3-5-16(14)24(30)33)41-43(35,45)37-11-15-6-7-19(39-15)31-13-27-21-22(31)28-25(26)29-23(21)32/h2-5,8-9,13,15,17-20H,6-7,10-12H2,1H3,(H,34,44)(H,35,45)(H3,26,28,29,32)/t15?,17-,18?,19?,20?,42?,43?/m0/s1. The lowest BCUT2D eigenvalue weighted by Crippen LogP contribution is -2.28. The minimum atomic E-state index is -4.03. The van der Waals surface area contributed by atoms with Crippen LogP contribution in [0.5, 0.6) is 0 Å². The Labute approximate surface area is 265 Å². The molecule has 16 nitrogen and oxygen atoms in total. The molecule has 1 aromatic carbocycles. The third-order valence-corrected chi connectivity index (χ3v) is 10.9. The molecular formula is C25H30N6O10P2S2. The molecule has 0 spiro atoms.